The normalized spacial score (nSPS) is 36.0. The van der Waals surface area contributed by atoms with Crippen LogP contribution in [0.25, 0.3) is 0 Å². The molecule has 2 saturated heterocycles. The molecule has 2 aliphatic heterocycles. The van der Waals surface area contributed by atoms with Crippen LogP contribution in [0.15, 0.2) is 15.9 Å². The van der Waals surface area contributed by atoms with Gasteiger partial charge >= 0.3 is 0 Å². The highest BCUT2D eigenvalue weighted by molar-refractivity contribution is 9.10. The molecule has 0 radical (unpaired) electrons. The van der Waals surface area contributed by atoms with E-state index in [1.54, 1.807) is 11.3 Å². The fourth-order valence-corrected chi connectivity index (χ4v) is 4.88. The van der Waals surface area contributed by atoms with Crippen molar-refractivity contribution in [3.8, 4) is 0 Å². The Labute approximate surface area is 102 Å². The molecule has 0 spiro atoms. The van der Waals surface area contributed by atoms with Gasteiger partial charge in [-0.1, -0.05) is 0 Å². The summed E-state index contributed by atoms with van der Waals surface area (Å²) in [6.07, 6.45) is 3.26. The van der Waals surface area contributed by atoms with Gasteiger partial charge in [0.05, 0.1) is 4.88 Å². The lowest BCUT2D eigenvalue weighted by Crippen LogP contribution is -2.38. The Morgan fingerprint density at radius 1 is 1.53 bits per heavy atom. The lowest BCUT2D eigenvalue weighted by atomic mass is 9.91. The minimum absolute atomic E-state index is 0.354. The molecule has 3 heterocycles. The van der Waals surface area contributed by atoms with Gasteiger partial charge < -0.3 is 5.11 Å². The topological polar surface area (TPSA) is 23.5 Å². The third kappa shape index (κ3) is 1.42. The van der Waals surface area contributed by atoms with Crippen molar-refractivity contribution < 1.29 is 5.11 Å². The van der Waals surface area contributed by atoms with Crippen LogP contribution in [0, 0.1) is 0 Å². The molecular weight excluding hydrogens is 274 g/mol. The number of hydrogen-bond donors (Lipinski definition) is 1. The van der Waals surface area contributed by atoms with Gasteiger partial charge in [0.15, 0.2) is 0 Å². The molecule has 2 fully saturated rings. The predicted molar refractivity (Wildman–Crippen MR) is 65.1 cm³/mol. The van der Waals surface area contributed by atoms with Crippen LogP contribution in [0.1, 0.15) is 24.1 Å². The van der Waals surface area contributed by atoms with E-state index in [-0.39, 0.29) is 0 Å². The van der Waals surface area contributed by atoms with Crippen molar-refractivity contribution in [1.29, 1.82) is 0 Å². The Morgan fingerprint density at radius 2 is 2.40 bits per heavy atom. The van der Waals surface area contributed by atoms with Crippen molar-refractivity contribution in [2.24, 2.45) is 0 Å². The Balaban J connectivity index is 2.00. The third-order valence-corrected chi connectivity index (χ3v) is 5.71. The molecule has 82 valence electrons. The van der Waals surface area contributed by atoms with E-state index in [9.17, 15) is 5.11 Å². The number of rotatable bonds is 1. The number of halogens is 1. The highest BCUT2D eigenvalue weighted by Gasteiger charge is 2.50. The first-order valence-corrected chi connectivity index (χ1v) is 7.09. The average Bonchev–Trinajstić information content (AvgIpc) is 2.85. The van der Waals surface area contributed by atoms with Crippen molar-refractivity contribution in [2.75, 3.05) is 13.1 Å². The maximum Gasteiger partial charge on any atom is 0.116 e. The number of nitrogens with zero attached hydrogens (tertiary/aromatic N) is 1. The molecule has 0 saturated carbocycles. The van der Waals surface area contributed by atoms with Gasteiger partial charge in [-0.2, -0.15) is 0 Å². The first kappa shape index (κ1) is 10.3. The summed E-state index contributed by atoms with van der Waals surface area (Å²) < 4.78 is 1.07. The van der Waals surface area contributed by atoms with Gasteiger partial charge in [0.2, 0.25) is 0 Å². The molecular formula is C11H14BrNOS. The van der Waals surface area contributed by atoms with E-state index < -0.39 is 5.60 Å². The van der Waals surface area contributed by atoms with Crippen molar-refractivity contribution in [3.05, 3.63) is 20.8 Å². The molecule has 0 amide bonds. The fourth-order valence-electron chi connectivity index (χ4n) is 2.98. The van der Waals surface area contributed by atoms with Crippen LogP contribution >= 0.6 is 27.3 Å². The molecule has 2 unspecified atom stereocenters. The van der Waals surface area contributed by atoms with E-state index in [4.69, 9.17) is 0 Å². The van der Waals surface area contributed by atoms with E-state index >= 15 is 0 Å². The zero-order valence-electron chi connectivity index (χ0n) is 8.45. The molecule has 1 N–H and O–H groups in total. The summed E-state index contributed by atoms with van der Waals surface area (Å²) in [4.78, 5) is 3.56. The van der Waals surface area contributed by atoms with Crippen molar-refractivity contribution in [2.45, 2.75) is 30.9 Å². The second-order valence-corrected chi connectivity index (χ2v) is 6.24. The quantitative estimate of drug-likeness (QED) is 0.858. The molecule has 15 heavy (non-hydrogen) atoms. The van der Waals surface area contributed by atoms with Gasteiger partial charge in [0.1, 0.15) is 5.60 Å². The molecule has 4 heteroatoms. The lowest BCUT2D eigenvalue weighted by Gasteiger charge is -2.29. The van der Waals surface area contributed by atoms with Crippen molar-refractivity contribution in [1.82, 2.24) is 4.90 Å². The molecule has 0 aliphatic carbocycles. The van der Waals surface area contributed by atoms with E-state index in [1.165, 1.54) is 6.42 Å². The molecule has 3 rings (SSSR count). The van der Waals surface area contributed by atoms with Gasteiger partial charge in [0.25, 0.3) is 0 Å². The van der Waals surface area contributed by atoms with Gasteiger partial charge in [-0.05, 0) is 53.2 Å². The SMILES string of the molecule is OC1(c2sccc2Br)CCN2CCCC21. The Kier molecular flexibility index (Phi) is 2.43. The summed E-state index contributed by atoms with van der Waals surface area (Å²) in [5, 5.41) is 12.9. The zero-order chi connectivity index (χ0) is 10.5. The molecule has 1 aromatic heterocycles. The first-order valence-electron chi connectivity index (χ1n) is 5.42. The number of aliphatic hydroxyl groups is 1. The maximum atomic E-state index is 10.8. The Bertz CT molecular complexity index is 380. The highest BCUT2D eigenvalue weighted by atomic mass is 79.9. The molecule has 0 aromatic carbocycles. The van der Waals surface area contributed by atoms with E-state index in [0.29, 0.717) is 6.04 Å². The number of fused-ring (bicyclic) bond motifs is 1. The zero-order valence-corrected chi connectivity index (χ0v) is 10.9. The van der Waals surface area contributed by atoms with Gasteiger partial charge in [0, 0.05) is 17.1 Å². The van der Waals surface area contributed by atoms with E-state index in [2.05, 4.69) is 26.2 Å². The summed E-state index contributed by atoms with van der Waals surface area (Å²) in [6.45, 7) is 2.21. The molecule has 1 aromatic rings. The van der Waals surface area contributed by atoms with Crippen LogP contribution in [-0.4, -0.2) is 29.1 Å². The van der Waals surface area contributed by atoms with Crippen LogP contribution in [0.3, 0.4) is 0 Å². The van der Waals surface area contributed by atoms with E-state index in [0.717, 1.165) is 35.3 Å². The van der Waals surface area contributed by atoms with Crippen LogP contribution in [0.2, 0.25) is 0 Å². The van der Waals surface area contributed by atoms with Crippen molar-refractivity contribution >= 4 is 27.3 Å². The third-order valence-electron chi connectivity index (χ3n) is 3.71. The van der Waals surface area contributed by atoms with Crippen molar-refractivity contribution in [3.63, 3.8) is 0 Å². The maximum absolute atomic E-state index is 10.8. The Morgan fingerprint density at radius 3 is 3.13 bits per heavy atom. The van der Waals surface area contributed by atoms with Crippen LogP contribution < -0.4 is 0 Å². The Hall–Kier alpha value is 0.1000. The van der Waals surface area contributed by atoms with Gasteiger partial charge in [-0.3, -0.25) is 4.90 Å². The molecule has 0 bridgehead atoms. The molecule has 2 nitrogen and oxygen atoms in total. The smallest absolute Gasteiger partial charge is 0.116 e. The monoisotopic (exact) mass is 287 g/mol. The standard InChI is InChI=1S/C11H14BrNOS/c12-8-3-7-15-10(8)11(14)4-6-13-5-1-2-9(11)13/h3,7,9,14H,1-2,4-6H2. The largest absolute Gasteiger partial charge is 0.383 e. The fraction of sp³-hybridized carbons (Fsp3) is 0.636. The number of thiophene rings is 1. The second-order valence-electron chi connectivity index (χ2n) is 4.47. The summed E-state index contributed by atoms with van der Waals surface area (Å²) in [5.41, 5.74) is -0.594. The lowest BCUT2D eigenvalue weighted by molar-refractivity contribution is 0.0122. The summed E-state index contributed by atoms with van der Waals surface area (Å²) in [6, 6.07) is 2.39. The molecule has 2 atom stereocenters. The van der Waals surface area contributed by atoms with Gasteiger partial charge in [-0.25, -0.2) is 0 Å². The van der Waals surface area contributed by atoms with Crippen LogP contribution in [0.5, 0.6) is 0 Å². The van der Waals surface area contributed by atoms with Crippen LogP contribution in [-0.2, 0) is 5.60 Å². The first-order chi connectivity index (χ1) is 7.22. The summed E-state index contributed by atoms with van der Waals surface area (Å²) in [7, 11) is 0. The average molecular weight is 288 g/mol. The minimum Gasteiger partial charge on any atom is -0.383 e. The van der Waals surface area contributed by atoms with Gasteiger partial charge in [-0.15, -0.1) is 11.3 Å². The predicted octanol–water partition coefficient (Wildman–Crippen LogP) is 2.57. The second kappa shape index (κ2) is 3.55. The minimum atomic E-state index is -0.594. The summed E-state index contributed by atoms with van der Waals surface area (Å²) >= 11 is 5.21. The summed E-state index contributed by atoms with van der Waals surface area (Å²) in [5.74, 6) is 0. The van der Waals surface area contributed by atoms with Crippen LogP contribution in [0.4, 0.5) is 0 Å². The molecule has 2 aliphatic rings. The van der Waals surface area contributed by atoms with E-state index in [1.807, 2.05) is 6.07 Å². The highest BCUT2D eigenvalue weighted by Crippen LogP contribution is 2.46. The number of hydrogen-bond acceptors (Lipinski definition) is 3.